The molecule has 0 saturated carbocycles. The minimum atomic E-state index is -0.0745. The highest BCUT2D eigenvalue weighted by atomic mass is 16.5. The Hall–Kier alpha value is -2.69. The summed E-state index contributed by atoms with van der Waals surface area (Å²) in [5, 5.41) is 2.99. The van der Waals surface area contributed by atoms with Gasteiger partial charge in [-0.1, -0.05) is 18.2 Å². The van der Waals surface area contributed by atoms with Crippen molar-refractivity contribution in [2.45, 2.75) is 20.8 Å². The van der Waals surface area contributed by atoms with E-state index in [9.17, 15) is 4.79 Å². The number of methoxy groups -OCH3 is 1. The highest BCUT2D eigenvalue weighted by molar-refractivity contribution is 5.91. The molecule has 1 aliphatic heterocycles. The molecule has 0 unspecified atom stereocenters. The van der Waals surface area contributed by atoms with Crippen molar-refractivity contribution in [2.75, 3.05) is 43.5 Å². The zero-order chi connectivity index (χ0) is 18.7. The second kappa shape index (κ2) is 7.68. The van der Waals surface area contributed by atoms with Gasteiger partial charge in [-0.3, -0.25) is 0 Å². The van der Waals surface area contributed by atoms with Crippen LogP contribution in [0.3, 0.4) is 0 Å². The van der Waals surface area contributed by atoms with Gasteiger partial charge in [0.2, 0.25) is 0 Å². The van der Waals surface area contributed by atoms with Crippen LogP contribution in [0.4, 0.5) is 16.2 Å². The summed E-state index contributed by atoms with van der Waals surface area (Å²) in [7, 11) is 1.61. The quantitative estimate of drug-likeness (QED) is 0.908. The number of urea groups is 1. The van der Waals surface area contributed by atoms with Crippen molar-refractivity contribution in [1.82, 2.24) is 4.90 Å². The summed E-state index contributed by atoms with van der Waals surface area (Å²) in [5.74, 6) is 0.679. The molecule has 0 spiro atoms. The van der Waals surface area contributed by atoms with Crippen LogP contribution in [0.5, 0.6) is 5.75 Å². The minimum Gasteiger partial charge on any atom is -0.495 e. The van der Waals surface area contributed by atoms with Gasteiger partial charge in [-0.05, 0) is 55.7 Å². The van der Waals surface area contributed by atoms with Gasteiger partial charge in [0, 0.05) is 31.9 Å². The van der Waals surface area contributed by atoms with E-state index in [0.29, 0.717) is 18.8 Å². The number of nitrogens with one attached hydrogen (secondary N) is 1. The van der Waals surface area contributed by atoms with Gasteiger partial charge in [-0.15, -0.1) is 0 Å². The Kier molecular flexibility index (Phi) is 5.35. The van der Waals surface area contributed by atoms with Gasteiger partial charge < -0.3 is 19.9 Å². The van der Waals surface area contributed by atoms with Crippen molar-refractivity contribution in [3.63, 3.8) is 0 Å². The molecule has 1 saturated heterocycles. The summed E-state index contributed by atoms with van der Waals surface area (Å²) < 4.78 is 5.35. The molecule has 1 aliphatic rings. The number of piperazine rings is 1. The number of hydrogen-bond acceptors (Lipinski definition) is 3. The Morgan fingerprint density at radius 1 is 0.962 bits per heavy atom. The highest BCUT2D eigenvalue weighted by Crippen LogP contribution is 2.26. The van der Waals surface area contributed by atoms with Crippen LogP contribution in [0.2, 0.25) is 0 Å². The third-order valence-electron chi connectivity index (χ3n) is 4.87. The molecule has 5 heteroatoms. The number of rotatable bonds is 3. The Labute approximate surface area is 155 Å². The van der Waals surface area contributed by atoms with Gasteiger partial charge in [0.05, 0.1) is 12.8 Å². The van der Waals surface area contributed by atoms with Gasteiger partial charge >= 0.3 is 6.03 Å². The molecule has 0 bridgehead atoms. The van der Waals surface area contributed by atoms with Gasteiger partial charge in [0.1, 0.15) is 5.75 Å². The number of ether oxygens (including phenoxy) is 1. The maximum atomic E-state index is 12.7. The normalized spacial score (nSPS) is 14.3. The molecule has 0 atom stereocenters. The Bertz CT molecular complexity index is 796. The van der Waals surface area contributed by atoms with Crippen molar-refractivity contribution in [1.29, 1.82) is 0 Å². The van der Waals surface area contributed by atoms with Crippen LogP contribution >= 0.6 is 0 Å². The van der Waals surface area contributed by atoms with Gasteiger partial charge in [-0.2, -0.15) is 0 Å². The molecular weight excluding hydrogens is 326 g/mol. The first-order chi connectivity index (χ1) is 12.5. The lowest BCUT2D eigenvalue weighted by atomic mass is 10.1. The number of carbonyl (C=O) groups is 1. The molecule has 5 nitrogen and oxygen atoms in total. The van der Waals surface area contributed by atoms with Crippen LogP contribution in [0.1, 0.15) is 16.7 Å². The molecule has 0 aliphatic carbocycles. The average Bonchev–Trinajstić information content (AvgIpc) is 2.64. The number of benzene rings is 2. The number of nitrogens with zero attached hydrogens (tertiary/aromatic N) is 2. The predicted molar refractivity (Wildman–Crippen MR) is 106 cm³/mol. The molecule has 2 amide bonds. The molecule has 0 aromatic heterocycles. The second-order valence-corrected chi connectivity index (χ2v) is 6.90. The van der Waals surface area contributed by atoms with Crippen LogP contribution in [0.25, 0.3) is 0 Å². The lowest BCUT2D eigenvalue weighted by molar-refractivity contribution is 0.208. The van der Waals surface area contributed by atoms with Crippen molar-refractivity contribution in [3.8, 4) is 5.75 Å². The fourth-order valence-electron chi connectivity index (χ4n) is 3.32. The largest absolute Gasteiger partial charge is 0.495 e. The fourth-order valence-corrected chi connectivity index (χ4v) is 3.32. The average molecular weight is 353 g/mol. The zero-order valence-corrected chi connectivity index (χ0v) is 16.0. The maximum Gasteiger partial charge on any atom is 0.322 e. The van der Waals surface area contributed by atoms with E-state index in [1.165, 1.54) is 16.8 Å². The number of carbonyl (C=O) groups excluding carboxylic acids is 1. The number of aryl methyl sites for hydroxylation is 3. The predicted octanol–water partition coefficient (Wildman–Crippen LogP) is 3.97. The van der Waals surface area contributed by atoms with E-state index in [4.69, 9.17) is 4.74 Å². The molecule has 3 rings (SSSR count). The lowest BCUT2D eigenvalue weighted by Crippen LogP contribution is -2.50. The van der Waals surface area contributed by atoms with Crippen molar-refractivity contribution >= 4 is 17.4 Å². The van der Waals surface area contributed by atoms with Gasteiger partial charge in [-0.25, -0.2) is 4.79 Å². The van der Waals surface area contributed by atoms with E-state index in [-0.39, 0.29) is 6.03 Å². The second-order valence-electron chi connectivity index (χ2n) is 6.90. The van der Waals surface area contributed by atoms with E-state index in [1.54, 1.807) is 7.11 Å². The summed E-state index contributed by atoms with van der Waals surface area (Å²) in [6.45, 7) is 9.32. The monoisotopic (exact) mass is 353 g/mol. The highest BCUT2D eigenvalue weighted by Gasteiger charge is 2.23. The number of hydrogen-bond donors (Lipinski definition) is 1. The van der Waals surface area contributed by atoms with Crippen LogP contribution in [-0.4, -0.2) is 44.2 Å². The Morgan fingerprint density at radius 2 is 1.62 bits per heavy atom. The van der Waals surface area contributed by atoms with Gasteiger partial charge in [0.15, 0.2) is 0 Å². The number of amides is 2. The molecule has 0 radical (unpaired) electrons. The van der Waals surface area contributed by atoms with Crippen molar-refractivity contribution < 1.29 is 9.53 Å². The Morgan fingerprint density at radius 3 is 2.31 bits per heavy atom. The first-order valence-electron chi connectivity index (χ1n) is 9.00. The minimum absolute atomic E-state index is 0.0745. The summed E-state index contributed by atoms with van der Waals surface area (Å²) in [4.78, 5) is 16.9. The number of anilines is 2. The Balaban J connectivity index is 1.64. The SMILES string of the molecule is COc1ccc(C)cc1NC(=O)N1CCN(c2cc(C)ccc2C)CC1. The topological polar surface area (TPSA) is 44.8 Å². The van der Waals surface area contributed by atoms with Crippen molar-refractivity contribution in [2.24, 2.45) is 0 Å². The summed E-state index contributed by atoms with van der Waals surface area (Å²) in [5.41, 5.74) is 5.61. The molecule has 2 aromatic carbocycles. The molecule has 1 fully saturated rings. The first kappa shape index (κ1) is 18.1. The van der Waals surface area contributed by atoms with E-state index >= 15 is 0 Å². The zero-order valence-electron chi connectivity index (χ0n) is 16.0. The van der Waals surface area contributed by atoms with Crippen LogP contribution in [0.15, 0.2) is 36.4 Å². The van der Waals surface area contributed by atoms with E-state index < -0.39 is 0 Å². The molecular formula is C21H27N3O2. The van der Waals surface area contributed by atoms with Crippen molar-refractivity contribution in [3.05, 3.63) is 53.1 Å². The maximum absolute atomic E-state index is 12.7. The third kappa shape index (κ3) is 3.93. The molecule has 1 heterocycles. The smallest absolute Gasteiger partial charge is 0.322 e. The molecule has 26 heavy (non-hydrogen) atoms. The lowest BCUT2D eigenvalue weighted by Gasteiger charge is -2.37. The van der Waals surface area contributed by atoms with Crippen LogP contribution in [0, 0.1) is 20.8 Å². The molecule has 2 aromatic rings. The summed E-state index contributed by atoms with van der Waals surface area (Å²) in [6, 6.07) is 12.2. The van der Waals surface area contributed by atoms with Gasteiger partial charge in [0.25, 0.3) is 0 Å². The first-order valence-corrected chi connectivity index (χ1v) is 9.00. The molecule has 1 N–H and O–H groups in total. The summed E-state index contributed by atoms with van der Waals surface area (Å²) in [6.07, 6.45) is 0. The summed E-state index contributed by atoms with van der Waals surface area (Å²) >= 11 is 0. The fraction of sp³-hybridized carbons (Fsp3) is 0.381. The van der Waals surface area contributed by atoms with E-state index in [2.05, 4.69) is 42.3 Å². The van der Waals surface area contributed by atoms with E-state index in [0.717, 1.165) is 24.3 Å². The van der Waals surface area contributed by atoms with E-state index in [1.807, 2.05) is 30.0 Å². The third-order valence-corrected chi connectivity index (χ3v) is 4.87. The standard InChI is InChI=1S/C21H27N3O2/c1-15-6-8-20(26-4)18(13-15)22-21(25)24-11-9-23(10-12-24)19-14-16(2)5-7-17(19)3/h5-8,13-14H,9-12H2,1-4H3,(H,22,25). The molecule has 138 valence electrons. The van der Waals surface area contributed by atoms with Crippen LogP contribution < -0.4 is 15.0 Å². The van der Waals surface area contributed by atoms with Crippen LogP contribution in [-0.2, 0) is 0 Å².